The first-order valence-corrected chi connectivity index (χ1v) is 10.9. The molecule has 10 heteroatoms. The number of hydrogen-bond donors (Lipinski definition) is 0. The molecular weight excluding hydrogens is 421 g/mol. The van der Waals surface area contributed by atoms with Gasteiger partial charge in [0.1, 0.15) is 6.33 Å². The van der Waals surface area contributed by atoms with Crippen LogP contribution in [0.1, 0.15) is 24.0 Å². The molecule has 1 atom stereocenters. The number of halogens is 3. The summed E-state index contributed by atoms with van der Waals surface area (Å²) in [6.07, 6.45) is 1.31. The Bertz CT molecular complexity index is 1070. The highest BCUT2D eigenvalue weighted by atomic mass is 19.4. The molecule has 0 N–H and O–H groups in total. The largest absolute Gasteiger partial charge is 0.416 e. The predicted molar refractivity (Wildman–Crippen MR) is 113 cm³/mol. The lowest BCUT2D eigenvalue weighted by Gasteiger charge is -2.35. The summed E-state index contributed by atoms with van der Waals surface area (Å²) in [4.78, 5) is 17.7. The Morgan fingerprint density at radius 2 is 1.84 bits per heavy atom. The van der Waals surface area contributed by atoms with E-state index in [0.717, 1.165) is 49.0 Å². The molecule has 5 rings (SSSR count). The molecule has 0 radical (unpaired) electrons. The molecule has 7 nitrogen and oxygen atoms in total. The van der Waals surface area contributed by atoms with Crippen molar-refractivity contribution in [3.05, 3.63) is 48.0 Å². The Morgan fingerprint density at radius 1 is 1.03 bits per heavy atom. The summed E-state index contributed by atoms with van der Waals surface area (Å²) >= 11 is 0. The van der Waals surface area contributed by atoms with Gasteiger partial charge in [-0.05, 0) is 24.5 Å². The fourth-order valence-electron chi connectivity index (χ4n) is 4.53. The van der Waals surface area contributed by atoms with Gasteiger partial charge < -0.3 is 14.2 Å². The number of nitrogens with zero attached hydrogens (tertiary/aromatic N) is 6. The highest BCUT2D eigenvalue weighted by Gasteiger charge is 2.33. The van der Waals surface area contributed by atoms with E-state index in [4.69, 9.17) is 4.74 Å². The second-order valence-electron chi connectivity index (χ2n) is 8.32. The molecule has 2 aliphatic rings. The maximum absolute atomic E-state index is 13.3. The summed E-state index contributed by atoms with van der Waals surface area (Å²) in [6, 6.07) is 5.80. The zero-order valence-corrected chi connectivity index (χ0v) is 17.6. The Kier molecular flexibility index (Phi) is 5.73. The van der Waals surface area contributed by atoms with Gasteiger partial charge in [-0.2, -0.15) is 13.2 Å². The number of ether oxygens (including phenoxy) is 1. The van der Waals surface area contributed by atoms with Gasteiger partial charge in [-0.25, -0.2) is 15.0 Å². The molecule has 0 spiro atoms. The van der Waals surface area contributed by atoms with Crippen molar-refractivity contribution in [3.8, 4) is 0 Å². The van der Waals surface area contributed by atoms with Crippen LogP contribution in [0, 0.1) is 0 Å². The van der Waals surface area contributed by atoms with E-state index in [1.165, 1.54) is 6.07 Å². The summed E-state index contributed by atoms with van der Waals surface area (Å²) in [6.45, 7) is 4.42. The maximum atomic E-state index is 13.3. The van der Waals surface area contributed by atoms with E-state index in [0.29, 0.717) is 31.7 Å². The maximum Gasteiger partial charge on any atom is 0.416 e. The molecule has 3 aromatic rings. The van der Waals surface area contributed by atoms with Gasteiger partial charge in [-0.1, -0.05) is 18.2 Å². The number of aromatic nitrogens is 4. The van der Waals surface area contributed by atoms with Gasteiger partial charge in [0.2, 0.25) is 0 Å². The fraction of sp³-hybridized carbons (Fsp3) is 0.500. The molecule has 0 aliphatic carbocycles. The van der Waals surface area contributed by atoms with E-state index in [1.807, 2.05) is 4.57 Å². The van der Waals surface area contributed by atoms with E-state index >= 15 is 0 Å². The Balaban J connectivity index is 1.27. The first-order chi connectivity index (χ1) is 15.5. The number of alkyl halides is 3. The second-order valence-corrected chi connectivity index (χ2v) is 8.32. The molecule has 2 aliphatic heterocycles. The molecule has 170 valence electrons. The van der Waals surface area contributed by atoms with Crippen molar-refractivity contribution in [2.24, 2.45) is 0 Å². The average Bonchev–Trinajstić information content (AvgIpc) is 3.45. The molecule has 2 aromatic heterocycles. The number of piperazine rings is 1. The van der Waals surface area contributed by atoms with E-state index in [-0.39, 0.29) is 12.6 Å². The van der Waals surface area contributed by atoms with E-state index < -0.39 is 11.7 Å². The highest BCUT2D eigenvalue weighted by Crippen LogP contribution is 2.32. The number of anilines is 1. The van der Waals surface area contributed by atoms with Gasteiger partial charge >= 0.3 is 6.18 Å². The van der Waals surface area contributed by atoms with Crippen LogP contribution in [0.15, 0.2) is 36.9 Å². The van der Waals surface area contributed by atoms with Crippen molar-refractivity contribution in [2.75, 3.05) is 37.7 Å². The minimum Gasteiger partial charge on any atom is -0.376 e. The lowest BCUT2D eigenvalue weighted by Crippen LogP contribution is -2.46. The molecule has 32 heavy (non-hydrogen) atoms. The number of hydrogen-bond acceptors (Lipinski definition) is 6. The normalized spacial score (nSPS) is 20.3. The Hall–Kier alpha value is -2.72. The molecule has 1 unspecified atom stereocenters. The minimum absolute atomic E-state index is 0.189. The lowest BCUT2D eigenvalue weighted by molar-refractivity contribution is -0.138. The zero-order chi connectivity index (χ0) is 22.1. The van der Waals surface area contributed by atoms with Gasteiger partial charge in [0, 0.05) is 39.3 Å². The molecule has 0 amide bonds. The van der Waals surface area contributed by atoms with Gasteiger partial charge in [-0.3, -0.25) is 4.90 Å². The molecule has 2 saturated heterocycles. The van der Waals surface area contributed by atoms with E-state index in [9.17, 15) is 13.2 Å². The third-order valence-electron chi connectivity index (χ3n) is 6.19. The molecule has 1 aromatic carbocycles. The lowest BCUT2D eigenvalue weighted by atomic mass is 10.1. The van der Waals surface area contributed by atoms with Crippen molar-refractivity contribution in [1.29, 1.82) is 0 Å². The minimum atomic E-state index is -4.34. The van der Waals surface area contributed by atoms with Crippen LogP contribution in [0.25, 0.3) is 11.2 Å². The summed E-state index contributed by atoms with van der Waals surface area (Å²) in [5, 5.41) is 0. The first-order valence-electron chi connectivity index (χ1n) is 10.9. The SMILES string of the molecule is FC(F)(F)c1ccccc1CN1CCN(c2ncnc3c2ncn3CC2CCCO2)CC1. The number of rotatable bonds is 5. The van der Waals surface area contributed by atoms with E-state index in [1.54, 1.807) is 24.8 Å². The third-order valence-corrected chi connectivity index (χ3v) is 6.19. The van der Waals surface area contributed by atoms with Crippen LogP contribution in [0.2, 0.25) is 0 Å². The quantitative estimate of drug-likeness (QED) is 0.599. The van der Waals surface area contributed by atoms with Crippen LogP contribution in [-0.4, -0.2) is 63.3 Å². The van der Waals surface area contributed by atoms with Crippen LogP contribution in [0.5, 0.6) is 0 Å². The topological polar surface area (TPSA) is 59.3 Å². The summed E-state index contributed by atoms with van der Waals surface area (Å²) in [5.41, 5.74) is 1.29. The van der Waals surface area contributed by atoms with Crippen LogP contribution in [0.3, 0.4) is 0 Å². The van der Waals surface area contributed by atoms with Crippen LogP contribution in [-0.2, 0) is 24.0 Å². The van der Waals surface area contributed by atoms with E-state index in [2.05, 4.69) is 24.8 Å². The van der Waals surface area contributed by atoms with Gasteiger partial charge in [0.05, 0.1) is 24.5 Å². The summed E-state index contributed by atoms with van der Waals surface area (Å²) in [7, 11) is 0. The van der Waals surface area contributed by atoms with Gasteiger partial charge in [0.25, 0.3) is 0 Å². The summed E-state index contributed by atoms with van der Waals surface area (Å²) in [5.74, 6) is 0.774. The molecule has 2 fully saturated rings. The van der Waals surface area contributed by atoms with Gasteiger partial charge in [-0.15, -0.1) is 0 Å². The summed E-state index contributed by atoms with van der Waals surface area (Å²) < 4.78 is 47.7. The molecule has 0 bridgehead atoms. The standard InChI is InChI=1S/C22H25F3N6O/c23-22(24,25)18-6-2-1-4-16(18)12-29-7-9-30(10-8-29)20-19-21(27-14-26-20)31(15-28-19)13-17-5-3-11-32-17/h1-2,4,6,14-15,17H,3,5,7-13H2. The first kappa shape index (κ1) is 21.1. The Labute approximate surface area is 183 Å². The second kappa shape index (κ2) is 8.67. The monoisotopic (exact) mass is 446 g/mol. The third kappa shape index (κ3) is 4.29. The Morgan fingerprint density at radius 3 is 2.59 bits per heavy atom. The van der Waals surface area contributed by atoms with Crippen molar-refractivity contribution >= 4 is 17.0 Å². The van der Waals surface area contributed by atoms with Crippen LogP contribution >= 0.6 is 0 Å². The molecule has 4 heterocycles. The van der Waals surface area contributed by atoms with Crippen LogP contribution in [0.4, 0.5) is 19.0 Å². The van der Waals surface area contributed by atoms with Gasteiger partial charge in [0.15, 0.2) is 17.0 Å². The fourth-order valence-corrected chi connectivity index (χ4v) is 4.53. The molecular formula is C22H25F3N6O. The zero-order valence-electron chi connectivity index (χ0n) is 17.6. The van der Waals surface area contributed by atoms with Crippen LogP contribution < -0.4 is 4.90 Å². The smallest absolute Gasteiger partial charge is 0.376 e. The highest BCUT2D eigenvalue weighted by molar-refractivity contribution is 5.83. The number of imidazole rings is 1. The number of fused-ring (bicyclic) bond motifs is 1. The predicted octanol–water partition coefficient (Wildman–Crippen LogP) is 3.35. The van der Waals surface area contributed by atoms with Crippen molar-refractivity contribution in [3.63, 3.8) is 0 Å². The number of benzene rings is 1. The average molecular weight is 446 g/mol. The van der Waals surface area contributed by atoms with Crippen molar-refractivity contribution in [2.45, 2.75) is 38.2 Å². The van der Waals surface area contributed by atoms with Crippen molar-refractivity contribution < 1.29 is 17.9 Å². The molecule has 0 saturated carbocycles. The van der Waals surface area contributed by atoms with Crippen molar-refractivity contribution in [1.82, 2.24) is 24.4 Å².